The van der Waals surface area contributed by atoms with Gasteiger partial charge in [0.2, 0.25) is 5.95 Å². The lowest BCUT2D eigenvalue weighted by Gasteiger charge is -2.20. The molecule has 0 bridgehead atoms. The molecule has 0 spiro atoms. The van der Waals surface area contributed by atoms with Crippen LogP contribution in [0, 0.1) is 6.92 Å². The van der Waals surface area contributed by atoms with Gasteiger partial charge < -0.3 is 10.4 Å². The van der Waals surface area contributed by atoms with Crippen LogP contribution in [0.3, 0.4) is 0 Å². The van der Waals surface area contributed by atoms with E-state index in [9.17, 15) is 5.11 Å². The van der Waals surface area contributed by atoms with Crippen LogP contribution < -0.4 is 10.6 Å². The molecule has 4 aromatic rings. The minimum absolute atomic E-state index is 0.0526. The molecule has 0 aliphatic carbocycles. The van der Waals surface area contributed by atoms with E-state index in [1.54, 1.807) is 24.8 Å². The lowest BCUT2D eigenvalue weighted by Crippen LogP contribution is -2.26. The van der Waals surface area contributed by atoms with Crippen LogP contribution >= 0.6 is 11.3 Å². The molecule has 8 nitrogen and oxygen atoms in total. The number of anilines is 1. The highest BCUT2D eigenvalue weighted by Gasteiger charge is 2.21. The summed E-state index contributed by atoms with van der Waals surface area (Å²) in [5.74, 6) is 0.411. The van der Waals surface area contributed by atoms with Crippen LogP contribution in [0.15, 0.2) is 49.1 Å². The van der Waals surface area contributed by atoms with Gasteiger partial charge in [-0.15, -0.1) is 11.3 Å². The largest absolute Gasteiger partial charge is 0.373 e. The molecule has 0 saturated carbocycles. The van der Waals surface area contributed by atoms with Crippen molar-refractivity contribution in [2.45, 2.75) is 39.1 Å². The zero-order chi connectivity index (χ0) is 21.1. The summed E-state index contributed by atoms with van der Waals surface area (Å²) < 4.78 is 0.769. The highest BCUT2D eigenvalue weighted by molar-refractivity contribution is 7.18. The maximum Gasteiger partial charge on any atom is 0.225 e. The first-order chi connectivity index (χ1) is 14.5. The van der Waals surface area contributed by atoms with Crippen molar-refractivity contribution in [2.24, 2.45) is 0 Å². The number of hydrogen-bond acceptors (Lipinski definition) is 9. The predicted molar refractivity (Wildman–Crippen MR) is 117 cm³/mol. The molecule has 3 N–H and O–H groups in total. The Balaban J connectivity index is 1.63. The molecule has 9 heteroatoms. The maximum absolute atomic E-state index is 11.0. The first-order valence-electron chi connectivity index (χ1n) is 9.67. The fraction of sp³-hybridized carbons (Fsp3) is 0.286. The topological polar surface area (TPSA) is 109 Å². The van der Waals surface area contributed by atoms with Crippen molar-refractivity contribution < 1.29 is 5.11 Å². The highest BCUT2D eigenvalue weighted by atomic mass is 32.1. The molecule has 30 heavy (non-hydrogen) atoms. The fourth-order valence-electron chi connectivity index (χ4n) is 3.15. The van der Waals surface area contributed by atoms with Crippen LogP contribution in [0.1, 0.15) is 54.0 Å². The minimum atomic E-state index is -0.986. The summed E-state index contributed by atoms with van der Waals surface area (Å²) in [4.78, 5) is 22.0. The lowest BCUT2D eigenvalue weighted by atomic mass is 10.1. The van der Waals surface area contributed by atoms with Gasteiger partial charge in [-0.25, -0.2) is 9.97 Å². The Labute approximate surface area is 178 Å². The van der Waals surface area contributed by atoms with Gasteiger partial charge in [0.25, 0.3) is 0 Å². The first-order valence-corrected chi connectivity index (χ1v) is 10.5. The van der Waals surface area contributed by atoms with Crippen molar-refractivity contribution in [3.8, 4) is 0 Å². The number of hydrogen-bond donors (Lipinski definition) is 3. The van der Waals surface area contributed by atoms with Gasteiger partial charge in [-0.2, -0.15) is 4.98 Å². The lowest BCUT2D eigenvalue weighted by molar-refractivity contribution is 0.123. The number of aliphatic hydroxyl groups is 1. The van der Waals surface area contributed by atoms with Gasteiger partial charge in [-0.05, 0) is 44.0 Å². The average molecular weight is 422 g/mol. The second kappa shape index (κ2) is 8.78. The predicted octanol–water partition coefficient (Wildman–Crippen LogP) is 3.70. The molecular weight excluding hydrogens is 398 g/mol. The Morgan fingerprint density at radius 2 is 1.60 bits per heavy atom. The number of nitrogens with one attached hydrogen (secondary N) is 2. The highest BCUT2D eigenvalue weighted by Crippen LogP contribution is 2.29. The van der Waals surface area contributed by atoms with Crippen LogP contribution in [-0.2, 0) is 0 Å². The van der Waals surface area contributed by atoms with Crippen LogP contribution in [0.4, 0.5) is 5.95 Å². The van der Waals surface area contributed by atoms with E-state index in [0.717, 1.165) is 20.8 Å². The van der Waals surface area contributed by atoms with Crippen LogP contribution in [0.5, 0.6) is 0 Å². The number of aliphatic hydroxyl groups excluding tert-OH is 1. The molecule has 4 aromatic heterocycles. The smallest absolute Gasteiger partial charge is 0.225 e. The molecule has 0 fully saturated rings. The minimum Gasteiger partial charge on any atom is -0.373 e. The van der Waals surface area contributed by atoms with Gasteiger partial charge in [-0.1, -0.05) is 12.1 Å². The van der Waals surface area contributed by atoms with Gasteiger partial charge in [0.1, 0.15) is 11.9 Å². The molecule has 1 unspecified atom stereocenters. The summed E-state index contributed by atoms with van der Waals surface area (Å²) in [6.45, 7) is 5.90. The zero-order valence-corrected chi connectivity index (χ0v) is 17.8. The van der Waals surface area contributed by atoms with Gasteiger partial charge in [0.05, 0.1) is 15.7 Å². The van der Waals surface area contributed by atoms with E-state index in [1.807, 2.05) is 45.0 Å². The maximum atomic E-state index is 11.0. The standard InChI is InChI=1S/C21H23N7OS/c1-12(15-6-4-8-22-10-15)24-20(29)17-18-19(26-14(3)30-18)28-21(27-17)25-13(2)16-7-5-9-23-11-16/h4-13,20,24,29H,1-3H3,(H,25,27,28)/t12-,13-,20?/m0/s1. The van der Waals surface area contributed by atoms with Crippen molar-refractivity contribution in [3.63, 3.8) is 0 Å². The van der Waals surface area contributed by atoms with Gasteiger partial charge >= 0.3 is 0 Å². The number of nitrogens with zero attached hydrogens (tertiary/aromatic N) is 5. The van der Waals surface area contributed by atoms with Crippen LogP contribution in [-0.4, -0.2) is 30.0 Å². The summed E-state index contributed by atoms with van der Waals surface area (Å²) in [7, 11) is 0. The number of aromatic nitrogens is 5. The first kappa shape index (κ1) is 20.3. The summed E-state index contributed by atoms with van der Waals surface area (Å²) in [6, 6.07) is 7.55. The van der Waals surface area contributed by atoms with Crippen molar-refractivity contribution in [1.29, 1.82) is 0 Å². The summed E-state index contributed by atoms with van der Waals surface area (Å²) >= 11 is 1.47. The third-order valence-electron chi connectivity index (χ3n) is 4.77. The Morgan fingerprint density at radius 3 is 2.23 bits per heavy atom. The van der Waals surface area contributed by atoms with E-state index in [0.29, 0.717) is 17.3 Å². The van der Waals surface area contributed by atoms with Gasteiger partial charge in [0, 0.05) is 30.8 Å². The number of thiazole rings is 1. The monoisotopic (exact) mass is 421 g/mol. The molecule has 0 aliphatic heterocycles. The normalized spacial score (nSPS) is 14.4. The molecule has 0 amide bonds. The third kappa shape index (κ3) is 4.43. The molecule has 0 aliphatic rings. The molecule has 0 aromatic carbocycles. The Kier molecular flexibility index (Phi) is 5.93. The molecule has 0 radical (unpaired) electrons. The van der Waals surface area contributed by atoms with E-state index in [1.165, 1.54) is 11.3 Å². The van der Waals surface area contributed by atoms with Crippen LogP contribution in [0.25, 0.3) is 10.3 Å². The Hall–Kier alpha value is -3.01. The SMILES string of the molecule is Cc1nc2nc(N[C@@H](C)c3cccnc3)nc(C(O)N[C@@H](C)c3cccnc3)c2s1. The van der Waals surface area contributed by atoms with E-state index in [2.05, 4.69) is 35.6 Å². The van der Waals surface area contributed by atoms with E-state index < -0.39 is 6.23 Å². The zero-order valence-electron chi connectivity index (χ0n) is 16.9. The van der Waals surface area contributed by atoms with Gasteiger partial charge in [0.15, 0.2) is 5.65 Å². The fourth-order valence-corrected chi connectivity index (χ4v) is 4.02. The molecule has 4 heterocycles. The molecular formula is C21H23N7OS. The quantitative estimate of drug-likeness (QED) is 0.388. The van der Waals surface area contributed by atoms with Crippen molar-refractivity contribution in [1.82, 2.24) is 30.2 Å². The molecule has 4 rings (SSSR count). The number of rotatable bonds is 7. The van der Waals surface area contributed by atoms with Crippen molar-refractivity contribution >= 4 is 27.6 Å². The molecule has 3 atom stereocenters. The molecule has 0 saturated heterocycles. The van der Waals surface area contributed by atoms with Crippen molar-refractivity contribution in [3.05, 3.63) is 70.9 Å². The number of aryl methyl sites for hydroxylation is 1. The summed E-state index contributed by atoms with van der Waals surface area (Å²) in [6.07, 6.45) is 6.05. The van der Waals surface area contributed by atoms with Crippen LogP contribution in [0.2, 0.25) is 0 Å². The Bertz CT molecular complexity index is 1120. The Morgan fingerprint density at radius 1 is 0.933 bits per heavy atom. The second-order valence-corrected chi connectivity index (χ2v) is 8.25. The van der Waals surface area contributed by atoms with E-state index in [4.69, 9.17) is 0 Å². The summed E-state index contributed by atoms with van der Waals surface area (Å²) in [5.41, 5.74) is 3.06. The van der Waals surface area contributed by atoms with Gasteiger partial charge in [-0.3, -0.25) is 15.3 Å². The van der Waals surface area contributed by atoms with E-state index in [-0.39, 0.29) is 12.1 Å². The van der Waals surface area contributed by atoms with Crippen molar-refractivity contribution in [2.75, 3.05) is 5.32 Å². The second-order valence-electron chi connectivity index (χ2n) is 7.05. The number of fused-ring (bicyclic) bond motifs is 1. The average Bonchev–Trinajstić information content (AvgIpc) is 3.14. The number of pyridine rings is 2. The van der Waals surface area contributed by atoms with E-state index >= 15 is 0 Å². The third-order valence-corrected chi connectivity index (χ3v) is 5.75. The molecule has 154 valence electrons. The summed E-state index contributed by atoms with van der Waals surface area (Å²) in [5, 5.41) is 18.3.